The van der Waals surface area contributed by atoms with Crippen molar-refractivity contribution in [3.63, 3.8) is 0 Å². The molecule has 0 bridgehead atoms. The summed E-state index contributed by atoms with van der Waals surface area (Å²) in [5.74, 6) is 1.29. The van der Waals surface area contributed by atoms with Crippen LogP contribution in [0.4, 0.5) is 0 Å². The summed E-state index contributed by atoms with van der Waals surface area (Å²) in [6.07, 6.45) is 12.7. The molecule has 4 nitrogen and oxygen atoms in total. The van der Waals surface area contributed by atoms with Crippen LogP contribution in [0.15, 0.2) is 42.5 Å². The first kappa shape index (κ1) is 21.7. The molecule has 4 heteroatoms. The fourth-order valence-corrected chi connectivity index (χ4v) is 3.21. The molecular formula is C24H32O4. The predicted octanol–water partition coefficient (Wildman–Crippen LogP) is 5.80. The first-order chi connectivity index (χ1) is 13.5. The molecule has 3 N–H and O–H groups in total. The number of aryl methyl sites for hydroxylation is 2. The molecule has 0 spiro atoms. The largest absolute Gasteiger partial charge is 0.508 e. The number of methoxy groups -OCH3 is 1. The van der Waals surface area contributed by atoms with E-state index < -0.39 is 0 Å². The van der Waals surface area contributed by atoms with Gasteiger partial charge in [0.1, 0.15) is 23.0 Å². The van der Waals surface area contributed by atoms with E-state index in [9.17, 15) is 15.3 Å². The van der Waals surface area contributed by atoms with E-state index in [0.717, 1.165) is 62.5 Å². The number of allylic oxidation sites excluding steroid dienone is 2. The van der Waals surface area contributed by atoms with Crippen LogP contribution >= 0.6 is 0 Å². The number of phenolic OH excluding ortho intramolecular Hbond substituents is 3. The van der Waals surface area contributed by atoms with Crippen molar-refractivity contribution in [2.24, 2.45) is 0 Å². The Bertz CT molecular complexity index is 757. The van der Waals surface area contributed by atoms with Gasteiger partial charge in [-0.15, -0.1) is 0 Å². The Hall–Kier alpha value is -2.62. The van der Waals surface area contributed by atoms with Gasteiger partial charge in [0.2, 0.25) is 0 Å². The summed E-state index contributed by atoms with van der Waals surface area (Å²) in [5.41, 5.74) is 2.62. The third-order valence-electron chi connectivity index (χ3n) is 4.94. The summed E-state index contributed by atoms with van der Waals surface area (Å²) in [6, 6.07) is 8.88. The summed E-state index contributed by atoms with van der Waals surface area (Å²) in [7, 11) is 1.61. The number of unbranched alkanes of at least 4 members (excludes halogenated alkanes) is 4. The van der Waals surface area contributed by atoms with Crippen molar-refractivity contribution in [3.05, 3.63) is 59.2 Å². The zero-order valence-corrected chi connectivity index (χ0v) is 16.9. The number of aromatic hydroxyl groups is 3. The number of hydrogen-bond acceptors (Lipinski definition) is 4. The standard InChI is InChI=1S/C24H32O4/c1-18-23(26)15-20(16-24(18)27)12-10-8-6-4-3-5-7-9-11-19-13-21(25)17-22(14-19)28-2/h3-4,13-17,25-27H,5-12H2,1-2H3. The Morgan fingerprint density at radius 3 is 1.82 bits per heavy atom. The molecule has 0 unspecified atom stereocenters. The lowest BCUT2D eigenvalue weighted by Gasteiger charge is -2.06. The zero-order chi connectivity index (χ0) is 20.4. The lowest BCUT2D eigenvalue weighted by Crippen LogP contribution is -1.89. The monoisotopic (exact) mass is 384 g/mol. The lowest BCUT2D eigenvalue weighted by atomic mass is 10.0. The first-order valence-electron chi connectivity index (χ1n) is 10.0. The number of benzene rings is 2. The SMILES string of the molecule is COc1cc(O)cc(CCCCC=CCCCCc2cc(O)c(C)c(O)c2)c1. The zero-order valence-electron chi connectivity index (χ0n) is 16.9. The molecule has 28 heavy (non-hydrogen) atoms. The molecular weight excluding hydrogens is 352 g/mol. The van der Waals surface area contributed by atoms with Crippen LogP contribution < -0.4 is 4.74 Å². The average molecular weight is 385 g/mol. The second-order valence-corrected chi connectivity index (χ2v) is 7.26. The van der Waals surface area contributed by atoms with Crippen LogP contribution in [-0.2, 0) is 12.8 Å². The van der Waals surface area contributed by atoms with Crippen molar-refractivity contribution in [2.75, 3.05) is 7.11 Å². The second-order valence-electron chi connectivity index (χ2n) is 7.26. The summed E-state index contributed by atoms with van der Waals surface area (Å²) < 4.78 is 5.18. The van der Waals surface area contributed by atoms with Gasteiger partial charge >= 0.3 is 0 Å². The molecule has 0 aliphatic heterocycles. The maximum Gasteiger partial charge on any atom is 0.122 e. The van der Waals surface area contributed by atoms with Crippen molar-refractivity contribution in [1.29, 1.82) is 0 Å². The molecule has 0 saturated heterocycles. The second kappa shape index (κ2) is 11.3. The molecule has 0 aliphatic carbocycles. The smallest absolute Gasteiger partial charge is 0.122 e. The van der Waals surface area contributed by atoms with Crippen molar-refractivity contribution < 1.29 is 20.1 Å². The minimum atomic E-state index is 0.166. The van der Waals surface area contributed by atoms with E-state index in [0.29, 0.717) is 11.3 Å². The highest BCUT2D eigenvalue weighted by Crippen LogP contribution is 2.28. The highest BCUT2D eigenvalue weighted by atomic mass is 16.5. The van der Waals surface area contributed by atoms with Crippen LogP contribution in [0, 0.1) is 6.92 Å². The third-order valence-corrected chi connectivity index (χ3v) is 4.94. The van der Waals surface area contributed by atoms with Gasteiger partial charge in [-0.25, -0.2) is 0 Å². The van der Waals surface area contributed by atoms with Crippen LogP contribution in [0.3, 0.4) is 0 Å². The molecule has 0 radical (unpaired) electrons. The molecule has 0 aliphatic rings. The molecule has 2 rings (SSSR count). The highest BCUT2D eigenvalue weighted by Gasteiger charge is 2.05. The van der Waals surface area contributed by atoms with Gasteiger partial charge < -0.3 is 20.1 Å². The van der Waals surface area contributed by atoms with Crippen molar-refractivity contribution in [2.45, 2.75) is 58.3 Å². The fourth-order valence-electron chi connectivity index (χ4n) is 3.21. The van der Waals surface area contributed by atoms with E-state index in [-0.39, 0.29) is 17.2 Å². The summed E-state index contributed by atoms with van der Waals surface area (Å²) in [6.45, 7) is 1.71. The number of ether oxygens (including phenoxy) is 1. The molecule has 2 aromatic carbocycles. The first-order valence-corrected chi connectivity index (χ1v) is 10.0. The molecule has 0 heterocycles. The van der Waals surface area contributed by atoms with E-state index in [1.165, 1.54) is 0 Å². The molecule has 0 aromatic heterocycles. The number of phenols is 3. The maximum absolute atomic E-state index is 9.75. The van der Waals surface area contributed by atoms with Crippen molar-refractivity contribution in [1.82, 2.24) is 0 Å². The molecule has 0 saturated carbocycles. The van der Waals surface area contributed by atoms with Crippen LogP contribution in [0.1, 0.15) is 55.2 Å². The van der Waals surface area contributed by atoms with Gasteiger partial charge in [-0.05, 0) is 93.7 Å². The minimum Gasteiger partial charge on any atom is -0.508 e. The summed E-state index contributed by atoms with van der Waals surface area (Å²) in [5, 5.41) is 29.2. The number of rotatable bonds is 11. The van der Waals surface area contributed by atoms with Gasteiger partial charge in [0.25, 0.3) is 0 Å². The Labute approximate surface area is 168 Å². The fraction of sp³-hybridized carbons (Fsp3) is 0.417. The minimum absolute atomic E-state index is 0.166. The maximum atomic E-state index is 9.75. The number of hydrogen-bond donors (Lipinski definition) is 3. The summed E-state index contributed by atoms with van der Waals surface area (Å²) in [4.78, 5) is 0. The Balaban J connectivity index is 1.56. The van der Waals surface area contributed by atoms with Gasteiger partial charge in [0, 0.05) is 11.6 Å². The van der Waals surface area contributed by atoms with E-state index in [1.54, 1.807) is 38.3 Å². The Kier molecular flexibility index (Phi) is 8.73. The van der Waals surface area contributed by atoms with Crippen molar-refractivity contribution in [3.8, 4) is 23.0 Å². The Morgan fingerprint density at radius 2 is 1.29 bits per heavy atom. The van der Waals surface area contributed by atoms with Gasteiger partial charge in [-0.2, -0.15) is 0 Å². The van der Waals surface area contributed by atoms with Crippen LogP contribution in [0.5, 0.6) is 23.0 Å². The molecule has 0 amide bonds. The van der Waals surface area contributed by atoms with Crippen LogP contribution in [0.2, 0.25) is 0 Å². The molecule has 0 fully saturated rings. The highest BCUT2D eigenvalue weighted by molar-refractivity contribution is 5.45. The topological polar surface area (TPSA) is 69.9 Å². The third kappa shape index (κ3) is 7.18. The predicted molar refractivity (Wildman–Crippen MR) is 113 cm³/mol. The van der Waals surface area contributed by atoms with Crippen molar-refractivity contribution >= 4 is 0 Å². The van der Waals surface area contributed by atoms with E-state index in [4.69, 9.17) is 4.74 Å². The summed E-state index contributed by atoms with van der Waals surface area (Å²) >= 11 is 0. The van der Waals surface area contributed by atoms with Gasteiger partial charge in [-0.1, -0.05) is 12.2 Å². The quantitative estimate of drug-likeness (QED) is 0.338. The Morgan fingerprint density at radius 1 is 0.750 bits per heavy atom. The normalized spacial score (nSPS) is 11.2. The van der Waals surface area contributed by atoms with Crippen LogP contribution in [-0.4, -0.2) is 22.4 Å². The van der Waals surface area contributed by atoms with E-state index >= 15 is 0 Å². The van der Waals surface area contributed by atoms with E-state index in [1.807, 2.05) is 6.07 Å². The average Bonchev–Trinajstić information content (AvgIpc) is 2.67. The van der Waals surface area contributed by atoms with Gasteiger partial charge in [-0.3, -0.25) is 0 Å². The molecule has 0 atom stereocenters. The molecule has 152 valence electrons. The van der Waals surface area contributed by atoms with E-state index in [2.05, 4.69) is 12.2 Å². The lowest BCUT2D eigenvalue weighted by molar-refractivity contribution is 0.406. The van der Waals surface area contributed by atoms with Crippen LogP contribution in [0.25, 0.3) is 0 Å². The van der Waals surface area contributed by atoms with Gasteiger partial charge in [0.15, 0.2) is 0 Å². The molecule has 2 aromatic rings. The van der Waals surface area contributed by atoms with Gasteiger partial charge in [0.05, 0.1) is 7.11 Å².